The van der Waals surface area contributed by atoms with Crippen molar-refractivity contribution in [1.29, 1.82) is 0 Å². The zero-order chi connectivity index (χ0) is 15.7. The molecule has 2 aromatic rings. The van der Waals surface area contributed by atoms with Crippen molar-refractivity contribution < 1.29 is 17.5 Å². The summed E-state index contributed by atoms with van der Waals surface area (Å²) < 4.78 is 44.3. The second kappa shape index (κ2) is 5.83. The van der Waals surface area contributed by atoms with Crippen molar-refractivity contribution in [2.75, 3.05) is 13.1 Å². The van der Waals surface area contributed by atoms with Gasteiger partial charge in [-0.2, -0.15) is 4.31 Å². The fourth-order valence-electron chi connectivity index (χ4n) is 2.04. The van der Waals surface area contributed by atoms with Crippen LogP contribution in [0.4, 0.5) is 4.39 Å². The van der Waals surface area contributed by atoms with Crippen LogP contribution < -0.4 is 4.74 Å². The molecule has 1 aliphatic heterocycles. The van der Waals surface area contributed by atoms with Gasteiger partial charge in [-0.1, -0.05) is 11.6 Å². The molecule has 1 aliphatic rings. The van der Waals surface area contributed by atoms with Crippen molar-refractivity contribution in [2.24, 2.45) is 0 Å². The minimum atomic E-state index is -3.62. The molecule has 0 saturated carbocycles. The monoisotopic (exact) mass is 342 g/mol. The molecular formula is C14H12ClFN2O3S. The van der Waals surface area contributed by atoms with Crippen molar-refractivity contribution in [3.8, 4) is 5.88 Å². The van der Waals surface area contributed by atoms with Crippen LogP contribution in [0.25, 0.3) is 0 Å². The third-order valence-electron chi connectivity index (χ3n) is 3.27. The average Bonchev–Trinajstić information content (AvgIpc) is 2.44. The van der Waals surface area contributed by atoms with Crippen molar-refractivity contribution >= 4 is 21.6 Å². The van der Waals surface area contributed by atoms with Crippen LogP contribution in [0.1, 0.15) is 0 Å². The molecule has 116 valence electrons. The average molecular weight is 343 g/mol. The minimum absolute atomic E-state index is 0.0585. The van der Waals surface area contributed by atoms with Crippen molar-refractivity contribution in [1.82, 2.24) is 9.29 Å². The van der Waals surface area contributed by atoms with Crippen molar-refractivity contribution in [3.05, 3.63) is 53.4 Å². The van der Waals surface area contributed by atoms with Crippen molar-refractivity contribution in [2.45, 2.75) is 11.0 Å². The summed E-state index contributed by atoms with van der Waals surface area (Å²) in [6, 6.07) is 8.06. The van der Waals surface area contributed by atoms with E-state index < -0.39 is 15.8 Å². The minimum Gasteiger partial charge on any atom is -0.470 e. The Morgan fingerprint density at radius 2 is 1.91 bits per heavy atom. The number of aromatic nitrogens is 1. The number of rotatable bonds is 4. The van der Waals surface area contributed by atoms with Gasteiger partial charge in [0, 0.05) is 6.20 Å². The van der Waals surface area contributed by atoms with E-state index in [4.69, 9.17) is 16.3 Å². The second-order valence-electron chi connectivity index (χ2n) is 4.81. The Hall–Kier alpha value is -1.70. The van der Waals surface area contributed by atoms with Gasteiger partial charge in [0.05, 0.1) is 18.0 Å². The maximum Gasteiger partial charge on any atom is 0.243 e. The summed E-state index contributed by atoms with van der Waals surface area (Å²) in [5.41, 5.74) is 0. The molecule has 0 unspecified atom stereocenters. The maximum absolute atomic E-state index is 12.9. The normalized spacial score (nSPS) is 16.3. The van der Waals surface area contributed by atoms with E-state index in [1.54, 1.807) is 18.3 Å². The summed E-state index contributed by atoms with van der Waals surface area (Å²) in [5.74, 6) is -0.193. The third-order valence-corrected chi connectivity index (χ3v) is 5.40. The van der Waals surface area contributed by atoms with E-state index in [1.807, 2.05) is 0 Å². The first-order valence-corrected chi connectivity index (χ1v) is 8.31. The lowest BCUT2D eigenvalue weighted by atomic mass is 10.2. The first-order chi connectivity index (χ1) is 10.5. The summed E-state index contributed by atoms with van der Waals surface area (Å²) in [5, 5.41) is 0.377. The van der Waals surface area contributed by atoms with E-state index >= 15 is 0 Å². The number of hydrogen-bond acceptors (Lipinski definition) is 4. The first-order valence-electron chi connectivity index (χ1n) is 6.50. The van der Waals surface area contributed by atoms with Crippen LogP contribution in [0.2, 0.25) is 5.02 Å². The SMILES string of the molecule is O=S(=O)(c1ccc(F)cc1)N1CC(Oc2ncccc2Cl)C1. The number of sulfonamides is 1. The molecule has 0 N–H and O–H groups in total. The molecule has 0 aliphatic carbocycles. The Balaban J connectivity index is 1.65. The summed E-state index contributed by atoms with van der Waals surface area (Å²) >= 11 is 5.93. The fourth-order valence-corrected chi connectivity index (χ4v) is 3.71. The Morgan fingerprint density at radius 1 is 1.23 bits per heavy atom. The van der Waals surface area contributed by atoms with Gasteiger partial charge in [0.25, 0.3) is 0 Å². The van der Waals surface area contributed by atoms with E-state index in [0.717, 1.165) is 12.1 Å². The first kappa shape index (κ1) is 15.2. The number of halogens is 2. The Bertz CT molecular complexity index is 777. The zero-order valence-corrected chi connectivity index (χ0v) is 12.9. The van der Waals surface area contributed by atoms with Gasteiger partial charge in [0.2, 0.25) is 15.9 Å². The van der Waals surface area contributed by atoms with Gasteiger partial charge in [0.1, 0.15) is 16.9 Å². The number of hydrogen-bond donors (Lipinski definition) is 0. The number of ether oxygens (including phenoxy) is 1. The second-order valence-corrected chi connectivity index (χ2v) is 7.15. The van der Waals surface area contributed by atoms with Crippen LogP contribution in [-0.4, -0.2) is 36.9 Å². The molecule has 3 rings (SSSR count). The maximum atomic E-state index is 12.9. The molecule has 0 amide bonds. The molecule has 1 saturated heterocycles. The lowest BCUT2D eigenvalue weighted by Crippen LogP contribution is -2.56. The van der Waals surface area contributed by atoms with Crippen LogP contribution in [0.3, 0.4) is 0 Å². The molecule has 0 bridgehead atoms. The standard InChI is InChI=1S/C14H12ClFN2O3S/c15-13-2-1-7-17-14(13)21-11-8-18(9-11)22(19,20)12-5-3-10(16)4-6-12/h1-7,11H,8-9H2. The molecule has 1 aromatic heterocycles. The lowest BCUT2D eigenvalue weighted by Gasteiger charge is -2.37. The molecule has 8 heteroatoms. The van der Waals surface area contributed by atoms with Gasteiger partial charge in [-0.25, -0.2) is 17.8 Å². The van der Waals surface area contributed by atoms with E-state index in [9.17, 15) is 12.8 Å². The molecule has 1 aromatic carbocycles. The summed E-state index contributed by atoms with van der Waals surface area (Å²) in [4.78, 5) is 4.05. The highest BCUT2D eigenvalue weighted by Gasteiger charge is 2.38. The van der Waals surface area contributed by atoms with E-state index in [-0.39, 0.29) is 30.0 Å². The van der Waals surface area contributed by atoms with Crippen LogP contribution in [0.5, 0.6) is 5.88 Å². The summed E-state index contributed by atoms with van der Waals surface area (Å²) in [6.07, 6.45) is 1.25. The molecule has 2 heterocycles. The highest BCUT2D eigenvalue weighted by Crippen LogP contribution is 2.27. The van der Waals surface area contributed by atoms with Crippen LogP contribution in [0, 0.1) is 5.82 Å². The third kappa shape index (κ3) is 2.92. The molecule has 1 fully saturated rings. The molecule has 0 atom stereocenters. The van der Waals surface area contributed by atoms with Gasteiger partial charge in [0.15, 0.2) is 0 Å². The van der Waals surface area contributed by atoms with Gasteiger partial charge in [-0.15, -0.1) is 0 Å². The van der Waals surface area contributed by atoms with Gasteiger partial charge in [-0.05, 0) is 36.4 Å². The van der Waals surface area contributed by atoms with Gasteiger partial charge in [-0.3, -0.25) is 0 Å². The number of nitrogens with zero attached hydrogens (tertiary/aromatic N) is 2. The Kier molecular flexibility index (Phi) is 4.03. The fraction of sp³-hybridized carbons (Fsp3) is 0.214. The number of pyridine rings is 1. The van der Waals surface area contributed by atoms with Crippen LogP contribution in [0.15, 0.2) is 47.5 Å². The van der Waals surface area contributed by atoms with Crippen LogP contribution >= 0.6 is 11.6 Å². The van der Waals surface area contributed by atoms with E-state index in [1.165, 1.54) is 16.4 Å². The molecule has 0 spiro atoms. The predicted molar refractivity (Wildman–Crippen MR) is 78.8 cm³/mol. The quantitative estimate of drug-likeness (QED) is 0.855. The Morgan fingerprint density at radius 3 is 2.55 bits per heavy atom. The van der Waals surface area contributed by atoms with Gasteiger partial charge < -0.3 is 4.74 Å². The lowest BCUT2D eigenvalue weighted by molar-refractivity contribution is 0.0722. The molecule has 0 radical (unpaired) electrons. The predicted octanol–water partition coefficient (Wildman–Crippen LogP) is 2.33. The highest BCUT2D eigenvalue weighted by atomic mass is 35.5. The highest BCUT2D eigenvalue weighted by molar-refractivity contribution is 7.89. The Labute approximate surface area is 132 Å². The van der Waals surface area contributed by atoms with Crippen LogP contribution in [-0.2, 0) is 10.0 Å². The van der Waals surface area contributed by atoms with Crippen molar-refractivity contribution in [3.63, 3.8) is 0 Å². The van der Waals surface area contributed by atoms with Gasteiger partial charge >= 0.3 is 0 Å². The molecular weight excluding hydrogens is 331 g/mol. The zero-order valence-electron chi connectivity index (χ0n) is 11.3. The topological polar surface area (TPSA) is 59.5 Å². The molecule has 5 nitrogen and oxygen atoms in total. The summed E-state index contributed by atoms with van der Waals surface area (Å²) in [7, 11) is -3.62. The summed E-state index contributed by atoms with van der Waals surface area (Å²) in [6.45, 7) is 0.402. The molecule has 22 heavy (non-hydrogen) atoms. The van der Waals surface area contributed by atoms with E-state index in [2.05, 4.69) is 4.98 Å². The smallest absolute Gasteiger partial charge is 0.243 e. The number of benzene rings is 1. The van der Waals surface area contributed by atoms with E-state index in [0.29, 0.717) is 5.02 Å². The largest absolute Gasteiger partial charge is 0.470 e.